The van der Waals surface area contributed by atoms with Gasteiger partial charge in [0.25, 0.3) is 0 Å². The Hall–Kier alpha value is -1.37. The second-order valence-corrected chi connectivity index (χ2v) is 8.22. The zero-order valence-corrected chi connectivity index (χ0v) is 15.3. The zero-order valence-electron chi connectivity index (χ0n) is 12.9. The minimum atomic E-state index is 0.0386. The van der Waals surface area contributed by atoms with E-state index in [4.69, 9.17) is 4.74 Å². The lowest BCUT2D eigenvalue weighted by atomic mass is 10.0. The van der Waals surface area contributed by atoms with Gasteiger partial charge in [-0.25, -0.2) is 0 Å². The van der Waals surface area contributed by atoms with E-state index in [1.165, 1.54) is 4.88 Å². The predicted octanol–water partition coefficient (Wildman–Crippen LogP) is 3.58. The van der Waals surface area contributed by atoms with Crippen LogP contribution in [0.5, 0.6) is 5.75 Å². The van der Waals surface area contributed by atoms with E-state index in [2.05, 4.69) is 27.3 Å². The third-order valence-electron chi connectivity index (χ3n) is 3.76. The number of carbonyl (C=O) groups excluding carboxylic acids is 1. The highest BCUT2D eigenvalue weighted by atomic mass is 79.9. The summed E-state index contributed by atoms with van der Waals surface area (Å²) in [6, 6.07) is 12.1. The maximum atomic E-state index is 12.3. The van der Waals surface area contributed by atoms with Crippen molar-refractivity contribution in [3.8, 4) is 5.75 Å². The number of hydrogen-bond donors (Lipinski definition) is 1. The fraction of sp³-hybridized carbons (Fsp3) is 0.353. The molecular formula is C17H19BrN2O2S. The Labute approximate surface area is 148 Å². The van der Waals surface area contributed by atoms with Crippen molar-refractivity contribution in [1.82, 2.24) is 10.2 Å². The lowest BCUT2D eigenvalue weighted by Gasteiger charge is -2.27. The van der Waals surface area contributed by atoms with Crippen LogP contribution in [0.2, 0.25) is 0 Å². The quantitative estimate of drug-likeness (QED) is 0.842. The molecule has 0 aliphatic carbocycles. The first-order valence-electron chi connectivity index (χ1n) is 7.55. The Morgan fingerprint density at radius 3 is 3.00 bits per heavy atom. The molecule has 0 saturated heterocycles. The van der Waals surface area contributed by atoms with Crippen LogP contribution in [-0.2, 0) is 11.3 Å². The largest absolute Gasteiger partial charge is 0.493 e. The van der Waals surface area contributed by atoms with Gasteiger partial charge in [0.2, 0.25) is 5.91 Å². The summed E-state index contributed by atoms with van der Waals surface area (Å²) in [4.78, 5) is 15.6. The van der Waals surface area contributed by atoms with Gasteiger partial charge >= 0.3 is 0 Å². The summed E-state index contributed by atoms with van der Waals surface area (Å²) in [5, 5.41) is 3.13. The minimum Gasteiger partial charge on any atom is -0.493 e. The van der Waals surface area contributed by atoms with Crippen molar-refractivity contribution < 1.29 is 9.53 Å². The molecule has 1 N–H and O–H groups in total. The van der Waals surface area contributed by atoms with Crippen molar-refractivity contribution in [2.45, 2.75) is 19.0 Å². The number of rotatable bonds is 5. The summed E-state index contributed by atoms with van der Waals surface area (Å²) < 4.78 is 6.75. The van der Waals surface area contributed by atoms with E-state index in [1.54, 1.807) is 11.3 Å². The molecule has 2 heterocycles. The number of para-hydroxylation sites is 1. The highest BCUT2D eigenvalue weighted by Crippen LogP contribution is 2.31. The summed E-state index contributed by atoms with van der Waals surface area (Å²) >= 11 is 5.16. The average molecular weight is 395 g/mol. The van der Waals surface area contributed by atoms with Crippen LogP contribution in [0.1, 0.15) is 22.9 Å². The summed E-state index contributed by atoms with van der Waals surface area (Å²) in [5.41, 5.74) is 1.07. The third kappa shape index (κ3) is 4.34. The molecule has 0 bridgehead atoms. The maximum Gasteiger partial charge on any atom is 0.234 e. The van der Waals surface area contributed by atoms with Crippen LogP contribution in [0.3, 0.4) is 0 Å². The number of benzene rings is 1. The average Bonchev–Trinajstić information content (AvgIpc) is 2.92. The van der Waals surface area contributed by atoms with Crippen LogP contribution in [0.15, 0.2) is 40.2 Å². The normalized spacial score (nSPS) is 16.7. The molecule has 1 amide bonds. The van der Waals surface area contributed by atoms with Crippen LogP contribution < -0.4 is 10.1 Å². The standard InChI is InChI=1S/C17H19BrN2O2S/c1-20(10-12-6-7-16(18)23-12)11-17(21)19-14-8-9-22-15-5-3-2-4-13(14)15/h2-7,14H,8-11H2,1H3,(H,19,21). The van der Waals surface area contributed by atoms with Gasteiger partial charge in [-0.2, -0.15) is 0 Å². The van der Waals surface area contributed by atoms with Crippen LogP contribution in [0.25, 0.3) is 0 Å². The molecule has 1 atom stereocenters. The number of hydrogen-bond acceptors (Lipinski definition) is 4. The van der Waals surface area contributed by atoms with Gasteiger partial charge in [-0.1, -0.05) is 18.2 Å². The highest BCUT2D eigenvalue weighted by Gasteiger charge is 2.22. The molecule has 4 nitrogen and oxygen atoms in total. The number of ether oxygens (including phenoxy) is 1. The predicted molar refractivity (Wildman–Crippen MR) is 95.8 cm³/mol. The number of carbonyl (C=O) groups is 1. The first kappa shape index (κ1) is 16.5. The van der Waals surface area contributed by atoms with Gasteiger partial charge in [0.1, 0.15) is 5.75 Å². The summed E-state index contributed by atoms with van der Waals surface area (Å²) in [6.45, 7) is 1.80. The molecule has 1 unspecified atom stereocenters. The fourth-order valence-electron chi connectivity index (χ4n) is 2.74. The summed E-state index contributed by atoms with van der Waals surface area (Å²) in [6.07, 6.45) is 0.810. The van der Waals surface area contributed by atoms with Gasteiger partial charge in [0.05, 0.1) is 23.0 Å². The molecule has 6 heteroatoms. The van der Waals surface area contributed by atoms with Crippen molar-refractivity contribution in [3.05, 3.63) is 50.6 Å². The smallest absolute Gasteiger partial charge is 0.234 e. The molecule has 2 aromatic rings. The van der Waals surface area contributed by atoms with Crippen molar-refractivity contribution in [1.29, 1.82) is 0 Å². The number of amides is 1. The Kier molecular flexibility index (Phi) is 5.35. The van der Waals surface area contributed by atoms with Gasteiger partial charge in [-0.15, -0.1) is 11.3 Å². The second-order valence-electron chi connectivity index (χ2n) is 5.67. The Balaban J connectivity index is 1.55. The minimum absolute atomic E-state index is 0.0386. The van der Waals surface area contributed by atoms with Crippen molar-refractivity contribution in [2.75, 3.05) is 20.2 Å². The molecule has 3 rings (SSSR count). The molecule has 0 spiro atoms. The number of fused-ring (bicyclic) bond motifs is 1. The fourth-order valence-corrected chi connectivity index (χ4v) is 4.30. The Morgan fingerprint density at radius 1 is 1.39 bits per heavy atom. The summed E-state index contributed by atoms with van der Waals surface area (Å²) in [7, 11) is 1.96. The monoisotopic (exact) mass is 394 g/mol. The van der Waals surface area contributed by atoms with E-state index in [1.807, 2.05) is 42.3 Å². The van der Waals surface area contributed by atoms with Crippen molar-refractivity contribution in [3.63, 3.8) is 0 Å². The van der Waals surface area contributed by atoms with Gasteiger partial charge < -0.3 is 10.1 Å². The molecule has 0 fully saturated rings. The van der Waals surface area contributed by atoms with E-state index in [9.17, 15) is 4.79 Å². The van der Waals surface area contributed by atoms with Crippen molar-refractivity contribution >= 4 is 33.2 Å². The third-order valence-corrected chi connectivity index (χ3v) is 5.37. The number of halogens is 1. The Morgan fingerprint density at radius 2 is 2.22 bits per heavy atom. The Bertz CT molecular complexity index is 689. The second kappa shape index (κ2) is 7.47. The van der Waals surface area contributed by atoms with Gasteiger partial charge in [0.15, 0.2) is 0 Å². The molecule has 0 saturated carbocycles. The first-order valence-corrected chi connectivity index (χ1v) is 9.16. The van der Waals surface area contributed by atoms with Crippen molar-refractivity contribution in [2.24, 2.45) is 0 Å². The van der Waals surface area contributed by atoms with E-state index in [0.717, 1.165) is 28.1 Å². The number of likely N-dealkylation sites (N-methyl/N-ethyl adjacent to an activating group) is 1. The lowest BCUT2D eigenvalue weighted by Crippen LogP contribution is -2.38. The molecule has 122 valence electrons. The first-order chi connectivity index (χ1) is 11.1. The SMILES string of the molecule is CN(CC(=O)NC1CCOc2ccccc21)Cc1ccc(Br)s1. The molecule has 23 heavy (non-hydrogen) atoms. The number of thiophene rings is 1. The van der Waals surface area contributed by atoms with Crippen LogP contribution in [0.4, 0.5) is 0 Å². The van der Waals surface area contributed by atoms with Gasteiger partial charge in [-0.05, 0) is 41.2 Å². The molecule has 1 aliphatic rings. The molecule has 0 radical (unpaired) electrons. The molecule has 1 aromatic carbocycles. The topological polar surface area (TPSA) is 41.6 Å². The zero-order chi connectivity index (χ0) is 16.2. The van der Waals surface area contributed by atoms with Crippen LogP contribution >= 0.6 is 27.3 Å². The van der Waals surface area contributed by atoms with E-state index >= 15 is 0 Å². The van der Waals surface area contributed by atoms with Crippen LogP contribution in [0, 0.1) is 0 Å². The maximum absolute atomic E-state index is 12.3. The van der Waals surface area contributed by atoms with Gasteiger partial charge in [0, 0.05) is 23.4 Å². The van der Waals surface area contributed by atoms with E-state index in [-0.39, 0.29) is 11.9 Å². The lowest BCUT2D eigenvalue weighted by molar-refractivity contribution is -0.123. The molecule has 1 aromatic heterocycles. The molecule has 1 aliphatic heterocycles. The van der Waals surface area contributed by atoms with Gasteiger partial charge in [-0.3, -0.25) is 9.69 Å². The molecular weight excluding hydrogens is 376 g/mol. The van der Waals surface area contributed by atoms with E-state index in [0.29, 0.717) is 13.2 Å². The van der Waals surface area contributed by atoms with E-state index < -0.39 is 0 Å². The summed E-state index contributed by atoms with van der Waals surface area (Å²) in [5.74, 6) is 0.922. The number of nitrogens with zero attached hydrogens (tertiary/aromatic N) is 1. The highest BCUT2D eigenvalue weighted by molar-refractivity contribution is 9.11. The number of nitrogens with one attached hydrogen (secondary N) is 1. The van der Waals surface area contributed by atoms with Crippen LogP contribution in [-0.4, -0.2) is 31.0 Å².